The van der Waals surface area contributed by atoms with Gasteiger partial charge in [0.2, 0.25) is 0 Å². The lowest BCUT2D eigenvalue weighted by Gasteiger charge is -2.35. The topological polar surface area (TPSA) is 50.4 Å². The Morgan fingerprint density at radius 2 is 1.96 bits per heavy atom. The monoisotopic (exact) mass is 324 g/mol. The van der Waals surface area contributed by atoms with Crippen molar-refractivity contribution in [2.75, 3.05) is 13.1 Å². The van der Waals surface area contributed by atoms with Crippen LogP contribution in [0.1, 0.15) is 67.2 Å². The minimum Gasteiger partial charge on any atom is -0.444 e. The van der Waals surface area contributed by atoms with E-state index in [9.17, 15) is 4.79 Å². The zero-order valence-corrected chi connectivity index (χ0v) is 15.9. The summed E-state index contributed by atoms with van der Waals surface area (Å²) in [5.41, 5.74) is -0.563. The van der Waals surface area contributed by atoms with E-state index in [4.69, 9.17) is 4.74 Å². The van der Waals surface area contributed by atoms with Gasteiger partial charge in [-0.3, -0.25) is 0 Å². The Balaban J connectivity index is 2.51. The average Bonchev–Trinajstić information content (AvgIpc) is 2.42. The number of allylic oxidation sites excluding steroid dienone is 2. The SMILES string of the molecule is CC(C)CC(C)(CNC(=O)OC(C)(C)C)NCC1CC=CCC1. The second-order valence-electron chi connectivity index (χ2n) is 8.55. The Bertz CT molecular complexity index is 399. The van der Waals surface area contributed by atoms with Gasteiger partial charge in [0.05, 0.1) is 0 Å². The fraction of sp³-hybridized carbons (Fsp3) is 0.842. The molecule has 4 nitrogen and oxygen atoms in total. The molecule has 2 atom stereocenters. The first-order chi connectivity index (χ1) is 10.6. The van der Waals surface area contributed by atoms with E-state index in [2.05, 4.69) is 43.6 Å². The molecule has 0 aromatic carbocycles. The molecule has 0 spiro atoms. The van der Waals surface area contributed by atoms with Crippen LogP contribution >= 0.6 is 0 Å². The Hall–Kier alpha value is -1.03. The van der Waals surface area contributed by atoms with Crippen molar-refractivity contribution in [2.45, 2.75) is 78.4 Å². The summed E-state index contributed by atoms with van der Waals surface area (Å²) in [6.45, 7) is 13.9. The third-order valence-corrected chi connectivity index (χ3v) is 4.08. The van der Waals surface area contributed by atoms with Crippen LogP contribution in [0.4, 0.5) is 4.79 Å². The van der Waals surface area contributed by atoms with E-state index in [-0.39, 0.29) is 11.6 Å². The minimum atomic E-state index is -0.458. The van der Waals surface area contributed by atoms with Crippen LogP contribution in [0.25, 0.3) is 0 Å². The van der Waals surface area contributed by atoms with Crippen molar-refractivity contribution in [1.82, 2.24) is 10.6 Å². The Kier molecular flexibility index (Phi) is 7.59. The van der Waals surface area contributed by atoms with Gasteiger partial charge in [0.25, 0.3) is 0 Å². The van der Waals surface area contributed by atoms with E-state index < -0.39 is 5.60 Å². The largest absolute Gasteiger partial charge is 0.444 e. The van der Waals surface area contributed by atoms with Crippen molar-refractivity contribution >= 4 is 6.09 Å². The molecule has 1 amide bonds. The molecular weight excluding hydrogens is 288 g/mol. The van der Waals surface area contributed by atoms with Crippen molar-refractivity contribution < 1.29 is 9.53 Å². The van der Waals surface area contributed by atoms with Gasteiger partial charge in [-0.1, -0.05) is 26.0 Å². The predicted molar refractivity (Wildman–Crippen MR) is 96.6 cm³/mol. The fourth-order valence-electron chi connectivity index (χ4n) is 3.12. The summed E-state index contributed by atoms with van der Waals surface area (Å²) in [5.74, 6) is 1.27. The predicted octanol–water partition coefficient (Wildman–Crippen LogP) is 4.26. The minimum absolute atomic E-state index is 0.105. The van der Waals surface area contributed by atoms with Gasteiger partial charge in [0.15, 0.2) is 0 Å². The molecule has 23 heavy (non-hydrogen) atoms. The summed E-state index contributed by atoms with van der Waals surface area (Å²) >= 11 is 0. The van der Waals surface area contributed by atoms with E-state index in [1.807, 2.05) is 20.8 Å². The van der Waals surface area contributed by atoms with Gasteiger partial charge in [-0.05, 0) is 71.8 Å². The maximum absolute atomic E-state index is 11.9. The molecule has 2 unspecified atom stereocenters. The summed E-state index contributed by atoms with van der Waals surface area (Å²) < 4.78 is 5.35. The number of hydrogen-bond acceptors (Lipinski definition) is 3. The maximum atomic E-state index is 11.9. The highest BCUT2D eigenvalue weighted by Gasteiger charge is 2.28. The van der Waals surface area contributed by atoms with E-state index in [0.717, 1.165) is 19.4 Å². The van der Waals surface area contributed by atoms with E-state index in [1.54, 1.807) is 0 Å². The van der Waals surface area contributed by atoms with Crippen LogP contribution in [0.15, 0.2) is 12.2 Å². The summed E-state index contributed by atoms with van der Waals surface area (Å²) in [6.07, 6.45) is 8.83. The van der Waals surface area contributed by atoms with E-state index >= 15 is 0 Å². The molecule has 0 bridgehead atoms. The van der Waals surface area contributed by atoms with Crippen LogP contribution in [0, 0.1) is 11.8 Å². The van der Waals surface area contributed by atoms with Gasteiger partial charge >= 0.3 is 6.09 Å². The van der Waals surface area contributed by atoms with Gasteiger partial charge in [-0.15, -0.1) is 0 Å². The first-order valence-corrected chi connectivity index (χ1v) is 8.96. The number of alkyl carbamates (subject to hydrolysis) is 1. The third kappa shape index (κ3) is 8.99. The lowest BCUT2D eigenvalue weighted by molar-refractivity contribution is 0.0507. The molecule has 0 aromatic rings. The molecule has 0 aromatic heterocycles. The maximum Gasteiger partial charge on any atom is 0.407 e. The van der Waals surface area contributed by atoms with Gasteiger partial charge < -0.3 is 15.4 Å². The number of amides is 1. The van der Waals surface area contributed by atoms with E-state index in [1.165, 1.54) is 12.8 Å². The molecule has 0 saturated carbocycles. The molecule has 0 heterocycles. The molecule has 4 heteroatoms. The van der Waals surface area contributed by atoms with Crippen LogP contribution in [0.5, 0.6) is 0 Å². The molecule has 1 rings (SSSR count). The lowest BCUT2D eigenvalue weighted by atomic mass is 9.88. The molecule has 1 aliphatic rings. The number of nitrogens with one attached hydrogen (secondary N) is 2. The van der Waals surface area contributed by atoms with Crippen LogP contribution < -0.4 is 10.6 Å². The van der Waals surface area contributed by atoms with Crippen molar-refractivity contribution in [3.8, 4) is 0 Å². The molecule has 0 radical (unpaired) electrons. The van der Waals surface area contributed by atoms with Crippen molar-refractivity contribution in [3.63, 3.8) is 0 Å². The standard InChI is InChI=1S/C19H36N2O2/c1-15(2)12-19(6,14-20-17(22)23-18(3,4)5)21-13-16-10-8-7-9-11-16/h7-8,15-16,21H,9-14H2,1-6H3,(H,20,22). The summed E-state index contributed by atoms with van der Waals surface area (Å²) in [4.78, 5) is 11.9. The normalized spacial score (nSPS) is 21.1. The molecule has 1 aliphatic carbocycles. The highest BCUT2D eigenvalue weighted by Crippen LogP contribution is 2.21. The smallest absolute Gasteiger partial charge is 0.407 e. The summed E-state index contributed by atoms with van der Waals surface area (Å²) in [6, 6.07) is 0. The fourth-order valence-corrected chi connectivity index (χ4v) is 3.12. The number of rotatable bonds is 7. The first-order valence-electron chi connectivity index (χ1n) is 8.96. The molecule has 0 fully saturated rings. The number of carbonyl (C=O) groups excluding carboxylic acids is 1. The van der Waals surface area contributed by atoms with Crippen LogP contribution in [-0.4, -0.2) is 30.3 Å². The van der Waals surface area contributed by atoms with Crippen LogP contribution in [-0.2, 0) is 4.74 Å². The highest BCUT2D eigenvalue weighted by atomic mass is 16.6. The van der Waals surface area contributed by atoms with Gasteiger partial charge in [0.1, 0.15) is 5.60 Å². The van der Waals surface area contributed by atoms with Crippen molar-refractivity contribution in [2.24, 2.45) is 11.8 Å². The second kappa shape index (κ2) is 8.72. The molecule has 0 saturated heterocycles. The Morgan fingerprint density at radius 3 is 2.48 bits per heavy atom. The molecule has 134 valence electrons. The molecular formula is C19H36N2O2. The van der Waals surface area contributed by atoms with Gasteiger partial charge in [0, 0.05) is 12.1 Å². The van der Waals surface area contributed by atoms with Crippen LogP contribution in [0.3, 0.4) is 0 Å². The summed E-state index contributed by atoms with van der Waals surface area (Å²) in [5, 5.41) is 6.65. The highest BCUT2D eigenvalue weighted by molar-refractivity contribution is 5.67. The lowest BCUT2D eigenvalue weighted by Crippen LogP contribution is -2.53. The zero-order chi connectivity index (χ0) is 17.5. The second-order valence-corrected chi connectivity index (χ2v) is 8.55. The number of carbonyl (C=O) groups is 1. The average molecular weight is 325 g/mol. The van der Waals surface area contributed by atoms with Gasteiger partial charge in [-0.25, -0.2) is 4.79 Å². The molecule has 2 N–H and O–H groups in total. The van der Waals surface area contributed by atoms with Crippen molar-refractivity contribution in [1.29, 1.82) is 0 Å². The Labute approximate surface area is 142 Å². The summed E-state index contributed by atoms with van der Waals surface area (Å²) in [7, 11) is 0. The van der Waals surface area contributed by atoms with Crippen molar-refractivity contribution in [3.05, 3.63) is 12.2 Å². The van der Waals surface area contributed by atoms with E-state index in [0.29, 0.717) is 18.4 Å². The zero-order valence-electron chi connectivity index (χ0n) is 15.9. The number of ether oxygens (including phenoxy) is 1. The van der Waals surface area contributed by atoms with Gasteiger partial charge in [-0.2, -0.15) is 0 Å². The third-order valence-electron chi connectivity index (χ3n) is 4.08. The quantitative estimate of drug-likeness (QED) is 0.688. The Morgan fingerprint density at radius 1 is 1.26 bits per heavy atom. The molecule has 0 aliphatic heterocycles. The first kappa shape index (κ1) is 20.0. The number of hydrogen-bond donors (Lipinski definition) is 2. The van der Waals surface area contributed by atoms with Crippen LogP contribution in [0.2, 0.25) is 0 Å².